The van der Waals surface area contributed by atoms with Crippen LogP contribution in [0.4, 0.5) is 0 Å². The van der Waals surface area contributed by atoms with Gasteiger partial charge in [-0.05, 0) is 108 Å². The van der Waals surface area contributed by atoms with Gasteiger partial charge in [-0.25, -0.2) is 0 Å². The minimum Gasteiger partial charge on any atom is -0.344 e. The van der Waals surface area contributed by atoms with Gasteiger partial charge < -0.3 is 27.0 Å². The van der Waals surface area contributed by atoms with Crippen LogP contribution in [0, 0.1) is 44.2 Å². The van der Waals surface area contributed by atoms with Crippen molar-refractivity contribution in [3.63, 3.8) is 0 Å². The molecule has 19 rings (SSSR count). The Bertz CT molecular complexity index is 6530. The zero-order valence-corrected chi connectivity index (χ0v) is 78.9. The first-order valence-corrected chi connectivity index (χ1v) is 37.0. The predicted molar refractivity (Wildman–Crippen MR) is 443 cm³/mol. The predicted octanol–water partition coefficient (Wildman–Crippen LogP) is 22.6. The van der Waals surface area contributed by atoms with Crippen LogP contribution in [0.2, 0.25) is 0 Å². The maximum atomic E-state index is 4.95. The van der Waals surface area contributed by atoms with Crippen LogP contribution in [-0.4, -0.2) is 61.9 Å². The molecule has 18 heteroatoms. The molecule has 112 heavy (non-hydrogen) atoms. The summed E-state index contributed by atoms with van der Waals surface area (Å²) >= 11 is 0. The monoisotopic (exact) mass is 2370 g/mol. The van der Waals surface area contributed by atoms with Crippen molar-refractivity contribution in [1.29, 1.82) is 0 Å². The first-order valence-electron chi connectivity index (χ1n) is 37.0. The number of pyridine rings is 4. The molecule has 0 saturated heterocycles. The summed E-state index contributed by atoms with van der Waals surface area (Å²) in [5, 5.41) is 8.76. The largest absolute Gasteiger partial charge is 0.344 e. The summed E-state index contributed by atoms with van der Waals surface area (Å²) in [5.41, 5.74) is 22.3. The van der Waals surface area contributed by atoms with Crippen LogP contribution >= 0.6 is 0 Å². The fourth-order valence-electron chi connectivity index (χ4n) is 14.3. The molecule has 583 valence electrons. The van der Waals surface area contributed by atoms with Gasteiger partial charge in [-0.3, -0.25) is 34.9 Å². The Morgan fingerprint density at radius 2 is 0.786 bits per heavy atom. The molecule has 0 N–H and O–H groups in total. The number of benzene rings is 8. The minimum atomic E-state index is -0.130. The van der Waals surface area contributed by atoms with E-state index in [0.717, 1.165) is 134 Å². The molecule has 19 aromatic rings. The number of aryl methyl sites for hydroxylation is 2. The summed E-state index contributed by atoms with van der Waals surface area (Å²) in [7, 11) is 0. The van der Waals surface area contributed by atoms with Crippen LogP contribution in [0.1, 0.15) is 170 Å². The summed E-state index contributed by atoms with van der Waals surface area (Å²) in [4.78, 5) is 38.7. The molecule has 0 aliphatic carbocycles. The molecule has 0 aliphatic heterocycles. The van der Waals surface area contributed by atoms with Gasteiger partial charge in [-0.15, -0.1) is 136 Å². The molecular formula is C94H92Ir5N13-5. The van der Waals surface area contributed by atoms with Crippen molar-refractivity contribution in [1.82, 2.24) is 61.9 Å². The van der Waals surface area contributed by atoms with Crippen LogP contribution in [0.3, 0.4) is 0 Å². The van der Waals surface area contributed by atoms with Gasteiger partial charge in [-0.1, -0.05) is 201 Å². The van der Waals surface area contributed by atoms with Crippen molar-refractivity contribution in [3.8, 4) is 0 Å². The summed E-state index contributed by atoms with van der Waals surface area (Å²) in [6.07, 6.45) is 4.34. The van der Waals surface area contributed by atoms with Gasteiger partial charge in [0.2, 0.25) is 0 Å². The maximum absolute atomic E-state index is 4.95. The van der Waals surface area contributed by atoms with E-state index in [1.807, 2.05) is 97.1 Å². The molecule has 13 nitrogen and oxygen atoms in total. The van der Waals surface area contributed by atoms with E-state index < -0.39 is 0 Å². The Labute approximate surface area is 723 Å². The van der Waals surface area contributed by atoms with Crippen molar-refractivity contribution < 1.29 is 101 Å². The van der Waals surface area contributed by atoms with Crippen molar-refractivity contribution in [2.24, 2.45) is 0 Å². The van der Waals surface area contributed by atoms with E-state index >= 15 is 0 Å². The molecule has 0 amide bonds. The number of hydrogen-bond donors (Lipinski definition) is 0. The quantitative estimate of drug-likeness (QED) is 0.137. The summed E-state index contributed by atoms with van der Waals surface area (Å²) in [6.45, 7) is 43.9. The first-order chi connectivity index (χ1) is 50.7. The van der Waals surface area contributed by atoms with Crippen LogP contribution in [0.15, 0.2) is 194 Å². The van der Waals surface area contributed by atoms with Gasteiger partial charge in [0.05, 0.1) is 78.0 Å². The average Bonchev–Trinajstić information content (AvgIpc) is 1.56. The van der Waals surface area contributed by atoms with Crippen LogP contribution < -0.4 is 0 Å². The van der Waals surface area contributed by atoms with Gasteiger partial charge in [0.25, 0.3) is 0 Å². The number of hydrogen-bond acceptors (Lipinski definition) is 8. The van der Waals surface area contributed by atoms with Gasteiger partial charge in [0.15, 0.2) is 0 Å². The molecule has 8 aromatic carbocycles. The summed E-state index contributed by atoms with van der Waals surface area (Å²) in [6, 6.07) is 78.7. The Balaban J connectivity index is 0.000000147. The zero-order chi connectivity index (χ0) is 75.6. The topological polar surface area (TPSA) is 125 Å². The second kappa shape index (κ2) is 32.6. The standard InChI is InChI=1S/C21H23N4.2C19H17N2.C18H16N3.C17H19N2.5Ir/c1-20(2,3)16-12-11-13-17(23-16)24-19(21(4,5)6)25-15-10-8-7-9-14(15)22-18(13)25;1-19(2,3)17-12-13-8-4-5-9-14(13)18-20-15-10-6-7-11-16(15)21(17)18;1-19(2,3)14-8-9-16-17(12-14)21-11-10-13-6-4-5-7-15(13)18(21)20-16;1-18(2,3)17-20-13-9-5-4-8-12(13)16-19-14-10-6-7-11-15(14)21(16)17;1-11-12(2)19-10-15(17(3,4)5)13-8-6-7-9-14(13)16(19)18-11;;;;;/h7-10,12H,1-6H3;4-8,10-12H,1-3H3;4-6,8-12H,1-3H3;4-7,9-11H,1-3H3;6-8,10H,1-5H3;;;;;/q5*-1;;;;;. The van der Waals surface area contributed by atoms with Gasteiger partial charge >= 0.3 is 0 Å². The summed E-state index contributed by atoms with van der Waals surface area (Å²) in [5.74, 6) is 1.99. The SMILES string of the molecule is CC(C)(C)c1c[c-]c2c(n1)nc(C(C)(C)C)n1c3ccccc3nc21.CC(C)(C)c1cc2ccc[c-]c2c2nc3ccccc3n12.CC(C)(C)c1ccc2nc3c4[c-]cccc4ccn3c2c1.CC(C)(C)c1nc2ccc[c-]c2c2nc3ccccc3n12.Cc1nc2c3[c-]cccc3c(C(C)(C)C)cn2c1C.[Ir].[Ir].[Ir].[Ir].[Ir]. The van der Waals surface area contributed by atoms with Crippen molar-refractivity contribution in [3.05, 3.63) is 270 Å². The number of fused-ring (bicyclic) bond motifs is 23. The van der Waals surface area contributed by atoms with Crippen LogP contribution in [-0.2, 0) is 133 Å². The van der Waals surface area contributed by atoms with Gasteiger partial charge in [-0.2, -0.15) is 0 Å². The third kappa shape index (κ3) is 16.3. The molecule has 0 saturated carbocycles. The fraction of sp³-hybridized carbons (Fsp3) is 0.277. The number of imidazole rings is 5. The summed E-state index contributed by atoms with van der Waals surface area (Å²) < 4.78 is 11.0. The number of aromatic nitrogens is 13. The normalized spacial score (nSPS) is 12.1. The van der Waals surface area contributed by atoms with E-state index in [-0.39, 0.29) is 133 Å². The zero-order valence-electron chi connectivity index (χ0n) is 67.0. The third-order valence-corrected chi connectivity index (χ3v) is 20.0. The molecule has 0 aliphatic rings. The second-order valence-corrected chi connectivity index (χ2v) is 34.4. The molecule has 0 bridgehead atoms. The molecule has 0 unspecified atom stereocenters. The molecular weight excluding hydrogens is 2270 g/mol. The smallest absolute Gasteiger partial charge is 0.103 e. The van der Waals surface area contributed by atoms with E-state index in [4.69, 9.17) is 39.9 Å². The van der Waals surface area contributed by atoms with E-state index in [9.17, 15) is 0 Å². The van der Waals surface area contributed by atoms with Crippen molar-refractivity contribution >= 4 is 127 Å². The Morgan fingerprint density at radius 1 is 0.321 bits per heavy atom. The number of rotatable bonds is 0. The van der Waals surface area contributed by atoms with E-state index in [1.165, 1.54) is 38.7 Å². The van der Waals surface area contributed by atoms with Crippen molar-refractivity contribution in [2.75, 3.05) is 0 Å². The van der Waals surface area contributed by atoms with Gasteiger partial charge in [0, 0.05) is 134 Å². The second-order valence-electron chi connectivity index (χ2n) is 34.4. The molecule has 11 heterocycles. The molecule has 0 atom stereocenters. The van der Waals surface area contributed by atoms with E-state index in [2.05, 4.69) is 288 Å². The molecule has 0 spiro atoms. The fourth-order valence-corrected chi connectivity index (χ4v) is 14.3. The number of para-hydroxylation sites is 6. The third-order valence-electron chi connectivity index (χ3n) is 20.0. The van der Waals surface area contributed by atoms with Crippen LogP contribution in [0.5, 0.6) is 0 Å². The van der Waals surface area contributed by atoms with Gasteiger partial charge in [0.1, 0.15) is 11.6 Å². The Hall–Kier alpha value is -8.19. The number of nitrogens with zero attached hydrogens (tertiary/aromatic N) is 13. The van der Waals surface area contributed by atoms with E-state index in [0.29, 0.717) is 0 Å². The van der Waals surface area contributed by atoms with Crippen LogP contribution in [0.25, 0.3) is 127 Å². The average molecular weight is 2360 g/mol. The maximum Gasteiger partial charge on any atom is 0.103 e. The Kier molecular flexibility index (Phi) is 25.1. The minimum absolute atomic E-state index is 0. The molecule has 0 fully saturated rings. The molecule has 11 aromatic heterocycles. The van der Waals surface area contributed by atoms with E-state index in [1.54, 1.807) is 0 Å². The first kappa shape index (κ1) is 86.2. The Morgan fingerprint density at radius 3 is 1.34 bits per heavy atom. The molecule has 5 radical (unpaired) electrons. The van der Waals surface area contributed by atoms with Crippen molar-refractivity contribution in [2.45, 2.75) is 171 Å².